The molecule has 3 nitrogen and oxygen atoms in total. The van der Waals surface area contributed by atoms with Gasteiger partial charge >= 0.3 is 0 Å². The quantitative estimate of drug-likeness (QED) is 0.459. The van der Waals surface area contributed by atoms with Crippen LogP contribution in [0, 0.1) is 0 Å². The summed E-state index contributed by atoms with van der Waals surface area (Å²) in [7, 11) is 1.65. The minimum atomic E-state index is 0.0289. The number of thiophene rings is 1. The van der Waals surface area contributed by atoms with Crippen LogP contribution in [0.1, 0.15) is 36.0 Å². The number of carbonyl (C=O) groups excluding carboxylic acids is 1. The first-order chi connectivity index (χ1) is 8.20. The molecule has 1 aromatic heterocycles. The maximum Gasteiger partial charge on any atom is 0.165 e. The molecule has 0 aromatic carbocycles. The van der Waals surface area contributed by atoms with E-state index < -0.39 is 0 Å². The molecule has 0 unspecified atom stereocenters. The largest absolute Gasteiger partial charge is 0.294 e. The minimum absolute atomic E-state index is 0.0289. The van der Waals surface area contributed by atoms with Gasteiger partial charge in [0, 0.05) is 18.8 Å². The van der Waals surface area contributed by atoms with E-state index >= 15 is 0 Å². The fraction of sp³-hybridized carbons (Fsp3) is 0.308. The average Bonchev–Trinajstić information content (AvgIpc) is 2.82. The van der Waals surface area contributed by atoms with Crippen molar-refractivity contribution < 1.29 is 4.79 Å². The molecule has 0 aliphatic carbocycles. The standard InChI is InChI=1S/C11H12N2OS.C2H6/c1-4-6-13-11(12-3)10-9(8(2)14)5-7-15-10;1-2/h4-7H,1H2,2-3H3;1-2H3. The Labute approximate surface area is 107 Å². The normalized spacial score (nSPS) is 10.9. The number of Topliss-reactive ketones (excluding diaryl/α,β-unsaturated/α-hetero) is 1. The van der Waals surface area contributed by atoms with E-state index in [1.807, 2.05) is 19.2 Å². The molecule has 17 heavy (non-hydrogen) atoms. The number of carbonyl (C=O) groups is 1. The van der Waals surface area contributed by atoms with E-state index in [0.717, 1.165) is 4.88 Å². The van der Waals surface area contributed by atoms with Crippen molar-refractivity contribution in [2.75, 3.05) is 7.05 Å². The first-order valence-electron chi connectivity index (χ1n) is 5.41. The minimum Gasteiger partial charge on any atom is -0.294 e. The van der Waals surface area contributed by atoms with Gasteiger partial charge in [0.05, 0.1) is 4.88 Å². The lowest BCUT2D eigenvalue weighted by Crippen LogP contribution is -2.01. The highest BCUT2D eigenvalue weighted by atomic mass is 32.1. The maximum atomic E-state index is 11.3. The number of ketones is 1. The van der Waals surface area contributed by atoms with E-state index in [2.05, 4.69) is 16.6 Å². The Morgan fingerprint density at radius 3 is 2.59 bits per heavy atom. The van der Waals surface area contributed by atoms with Crippen molar-refractivity contribution in [1.29, 1.82) is 0 Å². The fourth-order valence-corrected chi connectivity index (χ4v) is 2.03. The Morgan fingerprint density at radius 1 is 1.47 bits per heavy atom. The summed E-state index contributed by atoms with van der Waals surface area (Å²) in [6.45, 7) is 9.08. The molecule has 0 spiro atoms. The molecule has 0 amide bonds. The number of amidine groups is 1. The third-order valence-electron chi connectivity index (χ3n) is 1.76. The van der Waals surface area contributed by atoms with Gasteiger partial charge in [0.25, 0.3) is 0 Å². The highest BCUT2D eigenvalue weighted by molar-refractivity contribution is 7.12. The van der Waals surface area contributed by atoms with Gasteiger partial charge in [-0.25, -0.2) is 4.99 Å². The number of aliphatic imine (C=N–C) groups is 2. The summed E-state index contributed by atoms with van der Waals surface area (Å²) in [5, 5.41) is 1.86. The van der Waals surface area contributed by atoms with Gasteiger partial charge in [0.15, 0.2) is 11.6 Å². The van der Waals surface area contributed by atoms with Crippen LogP contribution in [0.4, 0.5) is 0 Å². The van der Waals surface area contributed by atoms with Crippen LogP contribution in [0.15, 0.2) is 34.1 Å². The molecule has 0 saturated heterocycles. The number of allylic oxidation sites excluding steroid dienone is 1. The molecule has 0 aliphatic heterocycles. The molecular weight excluding hydrogens is 232 g/mol. The second kappa shape index (κ2) is 8.58. The summed E-state index contributed by atoms with van der Waals surface area (Å²) < 4.78 is 0. The van der Waals surface area contributed by atoms with Gasteiger partial charge in [-0.15, -0.1) is 11.3 Å². The summed E-state index contributed by atoms with van der Waals surface area (Å²) in [6, 6.07) is 1.79. The van der Waals surface area contributed by atoms with Gasteiger partial charge in [0.2, 0.25) is 0 Å². The van der Waals surface area contributed by atoms with Crippen LogP contribution in [-0.2, 0) is 0 Å². The molecule has 0 atom stereocenters. The second-order valence-corrected chi connectivity index (χ2v) is 3.70. The zero-order valence-electron chi connectivity index (χ0n) is 10.7. The van der Waals surface area contributed by atoms with Crippen LogP contribution in [0.5, 0.6) is 0 Å². The summed E-state index contributed by atoms with van der Waals surface area (Å²) in [4.78, 5) is 20.3. The van der Waals surface area contributed by atoms with Crippen LogP contribution in [0.25, 0.3) is 0 Å². The molecule has 0 saturated carbocycles. The number of hydrogen-bond acceptors (Lipinski definition) is 3. The molecule has 1 heterocycles. The Kier molecular flexibility index (Phi) is 7.80. The Balaban J connectivity index is 0.00000121. The Morgan fingerprint density at radius 2 is 2.12 bits per heavy atom. The Bertz CT molecular complexity index is 430. The van der Waals surface area contributed by atoms with Crippen molar-refractivity contribution >= 4 is 29.2 Å². The van der Waals surface area contributed by atoms with Gasteiger partial charge in [-0.3, -0.25) is 9.79 Å². The van der Waals surface area contributed by atoms with E-state index in [0.29, 0.717) is 11.4 Å². The lowest BCUT2D eigenvalue weighted by molar-refractivity contribution is 0.101. The second-order valence-electron chi connectivity index (χ2n) is 2.78. The van der Waals surface area contributed by atoms with E-state index in [1.165, 1.54) is 18.3 Å². The van der Waals surface area contributed by atoms with Crippen molar-refractivity contribution in [2.45, 2.75) is 20.8 Å². The van der Waals surface area contributed by atoms with E-state index in [-0.39, 0.29) is 5.78 Å². The highest BCUT2D eigenvalue weighted by Gasteiger charge is 2.12. The monoisotopic (exact) mass is 250 g/mol. The van der Waals surface area contributed by atoms with E-state index in [9.17, 15) is 4.79 Å². The summed E-state index contributed by atoms with van der Waals surface area (Å²) in [5.41, 5.74) is 0.668. The topological polar surface area (TPSA) is 41.8 Å². The van der Waals surface area contributed by atoms with E-state index in [4.69, 9.17) is 0 Å². The first kappa shape index (κ1) is 15.4. The molecule has 1 aromatic rings. The zero-order chi connectivity index (χ0) is 13.3. The predicted molar refractivity (Wildman–Crippen MR) is 76.8 cm³/mol. The molecule has 92 valence electrons. The van der Waals surface area contributed by atoms with Gasteiger partial charge in [-0.1, -0.05) is 26.5 Å². The number of nitrogens with zero attached hydrogens (tertiary/aromatic N) is 2. The van der Waals surface area contributed by atoms with Crippen LogP contribution in [0.3, 0.4) is 0 Å². The smallest absolute Gasteiger partial charge is 0.165 e. The highest BCUT2D eigenvalue weighted by Crippen LogP contribution is 2.18. The average molecular weight is 250 g/mol. The molecule has 4 heteroatoms. The first-order valence-corrected chi connectivity index (χ1v) is 6.29. The third-order valence-corrected chi connectivity index (χ3v) is 2.67. The molecule has 0 bridgehead atoms. The lowest BCUT2D eigenvalue weighted by atomic mass is 10.2. The lowest BCUT2D eigenvalue weighted by Gasteiger charge is -1.98. The zero-order valence-corrected chi connectivity index (χ0v) is 11.5. The molecule has 0 aliphatic rings. The van der Waals surface area contributed by atoms with E-state index in [1.54, 1.807) is 25.4 Å². The van der Waals surface area contributed by atoms with Crippen LogP contribution < -0.4 is 0 Å². The van der Waals surface area contributed by atoms with Crippen LogP contribution in [0.2, 0.25) is 0 Å². The molecule has 0 fully saturated rings. The summed E-state index contributed by atoms with van der Waals surface area (Å²) in [5.74, 6) is 0.594. The van der Waals surface area contributed by atoms with Crippen LogP contribution in [-0.4, -0.2) is 24.9 Å². The summed E-state index contributed by atoms with van der Waals surface area (Å²) in [6.07, 6.45) is 3.14. The maximum absolute atomic E-state index is 11.3. The van der Waals surface area contributed by atoms with Crippen molar-refractivity contribution in [3.05, 3.63) is 34.5 Å². The Hall–Kier alpha value is -1.55. The molecule has 0 radical (unpaired) electrons. The molecule has 0 N–H and O–H groups in total. The van der Waals surface area contributed by atoms with Gasteiger partial charge in [-0.2, -0.15) is 0 Å². The number of rotatable bonds is 3. The molecule has 1 rings (SSSR count). The van der Waals surface area contributed by atoms with Gasteiger partial charge < -0.3 is 0 Å². The fourth-order valence-electron chi connectivity index (χ4n) is 1.10. The molecular formula is C13H18N2OS. The summed E-state index contributed by atoms with van der Waals surface area (Å²) >= 11 is 1.46. The SMILES string of the molecule is C=CC=NC(=NC)c1sccc1C(C)=O.CC. The van der Waals surface area contributed by atoms with Gasteiger partial charge in [-0.05, 0) is 18.4 Å². The van der Waals surface area contributed by atoms with Crippen molar-refractivity contribution in [3.63, 3.8) is 0 Å². The predicted octanol–water partition coefficient (Wildman–Crippen LogP) is 3.61. The number of hydrogen-bond donors (Lipinski definition) is 0. The van der Waals surface area contributed by atoms with Crippen molar-refractivity contribution in [2.24, 2.45) is 9.98 Å². The van der Waals surface area contributed by atoms with Crippen LogP contribution >= 0.6 is 11.3 Å². The third kappa shape index (κ3) is 4.44. The van der Waals surface area contributed by atoms with Crippen molar-refractivity contribution in [1.82, 2.24) is 0 Å². The van der Waals surface area contributed by atoms with Gasteiger partial charge in [0.1, 0.15) is 0 Å². The van der Waals surface area contributed by atoms with Crippen molar-refractivity contribution in [3.8, 4) is 0 Å².